The van der Waals surface area contributed by atoms with Gasteiger partial charge in [0.25, 0.3) is 15.9 Å². The van der Waals surface area contributed by atoms with Crippen molar-refractivity contribution in [1.29, 1.82) is 0 Å². The van der Waals surface area contributed by atoms with Crippen LogP contribution in [-0.4, -0.2) is 40.5 Å². The summed E-state index contributed by atoms with van der Waals surface area (Å²) in [5.74, 6) is -0.216. The predicted octanol–water partition coefficient (Wildman–Crippen LogP) is 1.29. The number of hydrogen-bond donors (Lipinski definition) is 3. The van der Waals surface area contributed by atoms with Gasteiger partial charge in [-0.05, 0) is 55.5 Å². The zero-order chi connectivity index (χ0) is 20.6. The van der Waals surface area contributed by atoms with Crippen molar-refractivity contribution < 1.29 is 27.6 Å². The van der Waals surface area contributed by atoms with Crippen molar-refractivity contribution in [2.75, 3.05) is 25.6 Å². The van der Waals surface area contributed by atoms with Crippen LogP contribution in [0, 0.1) is 0 Å². The van der Waals surface area contributed by atoms with Crippen LogP contribution in [0.3, 0.4) is 0 Å². The van der Waals surface area contributed by atoms with Crippen LogP contribution in [0.1, 0.15) is 17.3 Å². The fourth-order valence-electron chi connectivity index (χ4n) is 2.21. The number of carbonyl (C=O) groups excluding carboxylic acids is 2. The molecule has 0 saturated carbocycles. The summed E-state index contributed by atoms with van der Waals surface area (Å²) in [6.45, 7) is 2.19. The molecule has 2 rings (SSSR count). The highest BCUT2D eigenvalue weighted by Gasteiger charge is 2.15. The van der Waals surface area contributed by atoms with E-state index < -0.39 is 21.8 Å². The number of carbonyl (C=O) groups is 2. The van der Waals surface area contributed by atoms with E-state index in [2.05, 4.69) is 15.5 Å². The molecular formula is C18H21N3O6S. The fraction of sp³-hybridized carbons (Fsp3) is 0.222. The first kappa shape index (κ1) is 21.4. The molecule has 3 N–H and O–H groups in total. The van der Waals surface area contributed by atoms with Crippen LogP contribution in [0.25, 0.3) is 0 Å². The summed E-state index contributed by atoms with van der Waals surface area (Å²) in [5, 5.41) is 5.12. The Balaban J connectivity index is 1.88. The fourth-order valence-corrected chi connectivity index (χ4v) is 3.02. The van der Waals surface area contributed by atoms with Crippen LogP contribution in [0.2, 0.25) is 0 Å². The molecule has 0 unspecified atom stereocenters. The van der Waals surface area contributed by atoms with Crippen molar-refractivity contribution in [2.24, 2.45) is 0 Å². The third-order valence-corrected chi connectivity index (χ3v) is 4.76. The molecule has 0 heterocycles. The zero-order valence-electron chi connectivity index (χ0n) is 15.4. The van der Waals surface area contributed by atoms with Gasteiger partial charge in [-0.3, -0.25) is 14.4 Å². The summed E-state index contributed by atoms with van der Waals surface area (Å²) in [6, 6.07) is 12.0. The summed E-state index contributed by atoms with van der Waals surface area (Å²) in [5.41, 5.74) is 0.785. The molecule has 2 amide bonds. The first-order valence-corrected chi connectivity index (χ1v) is 9.80. The highest BCUT2D eigenvalue weighted by Crippen LogP contribution is 2.15. The molecule has 9 nitrogen and oxygen atoms in total. The van der Waals surface area contributed by atoms with Crippen molar-refractivity contribution in [3.63, 3.8) is 0 Å². The van der Waals surface area contributed by atoms with E-state index in [1.165, 1.54) is 31.4 Å². The van der Waals surface area contributed by atoms with Crippen LogP contribution in [0.4, 0.5) is 5.69 Å². The monoisotopic (exact) mass is 407 g/mol. The van der Waals surface area contributed by atoms with Gasteiger partial charge in [0.15, 0.2) is 0 Å². The van der Waals surface area contributed by atoms with E-state index >= 15 is 0 Å². The second-order valence-electron chi connectivity index (χ2n) is 5.50. The van der Waals surface area contributed by atoms with Gasteiger partial charge in [-0.1, -0.05) is 4.89 Å². The summed E-state index contributed by atoms with van der Waals surface area (Å²) in [7, 11) is -2.62. The van der Waals surface area contributed by atoms with Gasteiger partial charge < -0.3 is 15.4 Å². The number of hydrogen-bond acceptors (Lipinski definition) is 6. The largest absolute Gasteiger partial charge is 0.494 e. The molecule has 0 aliphatic carbocycles. The molecule has 0 radical (unpaired) electrons. The average molecular weight is 407 g/mol. The molecule has 0 aliphatic heterocycles. The lowest BCUT2D eigenvalue weighted by Crippen LogP contribution is -2.32. The van der Waals surface area contributed by atoms with Gasteiger partial charge in [0.05, 0.1) is 25.2 Å². The summed E-state index contributed by atoms with van der Waals surface area (Å²) >= 11 is 0. The third kappa shape index (κ3) is 6.05. The highest BCUT2D eigenvalue weighted by atomic mass is 32.2. The Hall–Kier alpha value is -2.95. The standard InChI is InChI=1S/C18H21N3O6S/c1-3-27-15-8-6-14(7-9-15)20-17(22)12-19-18(23)13-4-10-16(11-5-13)28(24,25)21-26-2/h4-11,21H,3,12H2,1-2H3,(H,19,23)(H,20,22). The zero-order valence-corrected chi connectivity index (χ0v) is 16.2. The van der Waals surface area contributed by atoms with Gasteiger partial charge in [-0.2, -0.15) is 0 Å². The third-order valence-electron chi connectivity index (χ3n) is 3.48. The van der Waals surface area contributed by atoms with Crippen molar-refractivity contribution >= 4 is 27.5 Å². The Kier molecular flexibility index (Phi) is 7.50. The lowest BCUT2D eigenvalue weighted by atomic mass is 10.2. The van der Waals surface area contributed by atoms with Crippen molar-refractivity contribution in [3.8, 4) is 5.75 Å². The molecule has 0 atom stereocenters. The molecule has 0 spiro atoms. The topological polar surface area (TPSA) is 123 Å². The van der Waals surface area contributed by atoms with Crippen LogP contribution >= 0.6 is 0 Å². The average Bonchev–Trinajstić information content (AvgIpc) is 2.68. The van der Waals surface area contributed by atoms with Gasteiger partial charge in [0.1, 0.15) is 5.75 Å². The predicted molar refractivity (Wildman–Crippen MR) is 102 cm³/mol. The van der Waals surface area contributed by atoms with Crippen LogP contribution in [-0.2, 0) is 19.7 Å². The van der Waals surface area contributed by atoms with E-state index in [0.29, 0.717) is 18.0 Å². The Morgan fingerprint density at radius 2 is 1.64 bits per heavy atom. The number of ether oxygens (including phenoxy) is 1. The number of amides is 2. The van der Waals surface area contributed by atoms with E-state index in [1.807, 2.05) is 11.8 Å². The molecule has 28 heavy (non-hydrogen) atoms. The maximum Gasteiger partial charge on any atom is 0.262 e. The molecule has 0 bridgehead atoms. The smallest absolute Gasteiger partial charge is 0.262 e. The van der Waals surface area contributed by atoms with Crippen LogP contribution in [0.15, 0.2) is 53.4 Å². The SMILES string of the molecule is CCOc1ccc(NC(=O)CNC(=O)c2ccc(S(=O)(=O)NOC)cc2)cc1. The van der Waals surface area contributed by atoms with Gasteiger partial charge >= 0.3 is 0 Å². The van der Waals surface area contributed by atoms with E-state index in [4.69, 9.17) is 4.74 Å². The van der Waals surface area contributed by atoms with Crippen molar-refractivity contribution in [3.05, 3.63) is 54.1 Å². The molecular weight excluding hydrogens is 386 g/mol. The van der Waals surface area contributed by atoms with Crippen LogP contribution < -0.4 is 20.3 Å². The number of anilines is 1. The minimum atomic E-state index is -3.80. The first-order chi connectivity index (χ1) is 13.4. The molecule has 0 aliphatic rings. The lowest BCUT2D eigenvalue weighted by Gasteiger charge is -2.09. The summed E-state index contributed by atoms with van der Waals surface area (Å²) < 4.78 is 28.8. The van der Waals surface area contributed by atoms with Crippen LogP contribution in [0.5, 0.6) is 5.75 Å². The Labute approximate surface area is 163 Å². The maximum absolute atomic E-state index is 12.1. The lowest BCUT2D eigenvalue weighted by molar-refractivity contribution is -0.115. The quantitative estimate of drug-likeness (QED) is 0.539. The van der Waals surface area contributed by atoms with E-state index in [1.54, 1.807) is 24.3 Å². The summed E-state index contributed by atoms with van der Waals surface area (Å²) in [4.78, 5) is 30.3. The van der Waals surface area contributed by atoms with E-state index in [-0.39, 0.29) is 17.0 Å². The van der Waals surface area contributed by atoms with Gasteiger partial charge in [-0.25, -0.2) is 8.42 Å². The number of rotatable bonds is 9. The molecule has 150 valence electrons. The first-order valence-electron chi connectivity index (χ1n) is 8.31. The minimum absolute atomic E-state index is 0.0563. The second-order valence-corrected chi connectivity index (χ2v) is 7.15. The Bertz CT molecular complexity index is 911. The normalized spacial score (nSPS) is 10.9. The van der Waals surface area contributed by atoms with Gasteiger partial charge in [-0.15, -0.1) is 0 Å². The second kappa shape index (κ2) is 9.83. The molecule has 0 saturated heterocycles. The maximum atomic E-state index is 12.1. The molecule has 10 heteroatoms. The Morgan fingerprint density at radius 1 is 1.00 bits per heavy atom. The molecule has 2 aromatic carbocycles. The molecule has 0 fully saturated rings. The Morgan fingerprint density at radius 3 is 2.21 bits per heavy atom. The number of sulfonamides is 1. The number of benzene rings is 2. The minimum Gasteiger partial charge on any atom is -0.494 e. The van der Waals surface area contributed by atoms with Crippen molar-refractivity contribution in [2.45, 2.75) is 11.8 Å². The molecule has 2 aromatic rings. The van der Waals surface area contributed by atoms with E-state index in [9.17, 15) is 18.0 Å². The molecule has 0 aromatic heterocycles. The number of nitrogens with one attached hydrogen (secondary N) is 3. The van der Waals surface area contributed by atoms with Gasteiger partial charge in [0, 0.05) is 11.3 Å². The van der Waals surface area contributed by atoms with Gasteiger partial charge in [0.2, 0.25) is 5.91 Å². The van der Waals surface area contributed by atoms with E-state index in [0.717, 1.165) is 0 Å². The highest BCUT2D eigenvalue weighted by molar-refractivity contribution is 7.89. The van der Waals surface area contributed by atoms with Crippen molar-refractivity contribution in [1.82, 2.24) is 10.2 Å². The summed E-state index contributed by atoms with van der Waals surface area (Å²) in [6.07, 6.45) is 0.